The van der Waals surface area contributed by atoms with Crippen LogP contribution < -0.4 is 5.32 Å². The number of rotatable bonds is 5. The lowest BCUT2D eigenvalue weighted by Crippen LogP contribution is -2.23. The van der Waals surface area contributed by atoms with Crippen LogP contribution in [0.3, 0.4) is 0 Å². The predicted molar refractivity (Wildman–Crippen MR) is 94.2 cm³/mol. The van der Waals surface area contributed by atoms with Gasteiger partial charge < -0.3 is 10.1 Å². The second-order valence-electron chi connectivity index (χ2n) is 5.46. The summed E-state index contributed by atoms with van der Waals surface area (Å²) in [5.74, 6) is 0. The molecular formula is C18H20INO. The molecule has 21 heavy (non-hydrogen) atoms. The normalized spacial score (nSPS) is 15.0. The van der Waals surface area contributed by atoms with E-state index in [0.29, 0.717) is 0 Å². The first-order valence-corrected chi connectivity index (χ1v) is 8.54. The lowest BCUT2D eigenvalue weighted by atomic mass is 9.95. The Bertz CT molecular complexity index is 626. The number of hydrogen-bond donors (Lipinski definition) is 1. The van der Waals surface area contributed by atoms with Gasteiger partial charge in [-0.1, -0.05) is 37.3 Å². The Kier molecular flexibility index (Phi) is 4.93. The second kappa shape index (κ2) is 6.90. The van der Waals surface area contributed by atoms with E-state index < -0.39 is 0 Å². The van der Waals surface area contributed by atoms with E-state index in [1.54, 1.807) is 0 Å². The third kappa shape index (κ3) is 3.47. The summed E-state index contributed by atoms with van der Waals surface area (Å²) in [6, 6.07) is 15.7. The molecule has 1 heterocycles. The van der Waals surface area contributed by atoms with Crippen LogP contribution >= 0.6 is 22.6 Å². The van der Waals surface area contributed by atoms with E-state index in [1.165, 1.54) is 25.8 Å². The molecule has 0 spiro atoms. The van der Waals surface area contributed by atoms with Crippen LogP contribution in [0.25, 0.3) is 0 Å². The maximum atomic E-state index is 5.53. The quantitative estimate of drug-likeness (QED) is 0.760. The third-order valence-electron chi connectivity index (χ3n) is 3.86. The first-order chi connectivity index (χ1) is 10.3. The van der Waals surface area contributed by atoms with Crippen molar-refractivity contribution in [2.24, 2.45) is 0 Å². The number of halogens is 1. The van der Waals surface area contributed by atoms with Gasteiger partial charge in [-0.05, 0) is 69.9 Å². The summed E-state index contributed by atoms with van der Waals surface area (Å²) in [5, 5.41) is 3.68. The minimum atomic E-state index is 0.255. The Balaban J connectivity index is 1.95. The summed E-state index contributed by atoms with van der Waals surface area (Å²) in [4.78, 5) is 0. The number of hydrogen-bond acceptors (Lipinski definition) is 2. The topological polar surface area (TPSA) is 21.3 Å². The van der Waals surface area contributed by atoms with Crippen LogP contribution in [-0.4, -0.2) is 6.54 Å². The Morgan fingerprint density at radius 1 is 1.10 bits per heavy atom. The van der Waals surface area contributed by atoms with E-state index in [2.05, 4.69) is 77.3 Å². The zero-order chi connectivity index (χ0) is 14.7. The van der Waals surface area contributed by atoms with E-state index in [4.69, 9.17) is 4.74 Å². The Morgan fingerprint density at radius 2 is 1.90 bits per heavy atom. The van der Waals surface area contributed by atoms with Crippen LogP contribution in [0.2, 0.25) is 0 Å². The van der Waals surface area contributed by atoms with Gasteiger partial charge >= 0.3 is 0 Å². The predicted octanol–water partition coefficient (Wildman–Crippen LogP) is 4.41. The molecule has 2 nitrogen and oxygen atoms in total. The molecule has 0 saturated carbocycles. The van der Waals surface area contributed by atoms with E-state index in [0.717, 1.165) is 26.2 Å². The van der Waals surface area contributed by atoms with Crippen LogP contribution in [0.15, 0.2) is 42.5 Å². The fourth-order valence-corrected chi connectivity index (χ4v) is 3.34. The summed E-state index contributed by atoms with van der Waals surface area (Å²) in [6.07, 6.45) is 1.13. The van der Waals surface area contributed by atoms with Crippen LogP contribution in [-0.2, 0) is 18.0 Å². The first kappa shape index (κ1) is 15.0. The number of fused-ring (bicyclic) bond motifs is 1. The molecule has 0 radical (unpaired) electrons. The van der Waals surface area contributed by atoms with E-state index in [-0.39, 0.29) is 6.04 Å². The molecule has 0 bridgehead atoms. The molecule has 1 aliphatic rings. The average Bonchev–Trinajstić information content (AvgIpc) is 2.95. The summed E-state index contributed by atoms with van der Waals surface area (Å²) in [7, 11) is 0. The molecule has 1 atom stereocenters. The molecule has 3 heteroatoms. The molecule has 1 N–H and O–H groups in total. The highest BCUT2D eigenvalue weighted by atomic mass is 127. The average molecular weight is 393 g/mol. The van der Waals surface area contributed by atoms with Crippen LogP contribution in [0, 0.1) is 3.57 Å². The second-order valence-corrected chi connectivity index (χ2v) is 6.71. The van der Waals surface area contributed by atoms with Crippen LogP contribution in [0.1, 0.15) is 41.6 Å². The van der Waals surface area contributed by atoms with Crippen molar-refractivity contribution in [2.45, 2.75) is 32.6 Å². The largest absolute Gasteiger partial charge is 0.372 e. The van der Waals surface area contributed by atoms with Gasteiger partial charge in [0.25, 0.3) is 0 Å². The molecule has 2 aromatic carbocycles. The number of ether oxygens (including phenoxy) is 1. The molecule has 0 fully saturated rings. The van der Waals surface area contributed by atoms with E-state index in [1.807, 2.05) is 0 Å². The molecule has 1 unspecified atom stereocenters. The zero-order valence-electron chi connectivity index (χ0n) is 12.2. The highest BCUT2D eigenvalue weighted by Gasteiger charge is 2.17. The molecule has 2 aromatic rings. The summed E-state index contributed by atoms with van der Waals surface area (Å²) in [6.45, 7) is 4.72. The molecule has 0 amide bonds. The molecule has 0 saturated heterocycles. The molecular weight excluding hydrogens is 373 g/mol. The summed E-state index contributed by atoms with van der Waals surface area (Å²) in [5.41, 5.74) is 5.32. The summed E-state index contributed by atoms with van der Waals surface area (Å²) >= 11 is 2.38. The minimum absolute atomic E-state index is 0.255. The van der Waals surface area contributed by atoms with E-state index >= 15 is 0 Å². The highest BCUT2D eigenvalue weighted by Crippen LogP contribution is 2.28. The maximum absolute atomic E-state index is 5.53. The summed E-state index contributed by atoms with van der Waals surface area (Å²) < 4.78 is 6.81. The van der Waals surface area contributed by atoms with Crippen molar-refractivity contribution >= 4 is 22.6 Å². The SMILES string of the molecule is CCCNC(c1cccc(I)c1)c1ccc2c(c1)COC2. The monoisotopic (exact) mass is 393 g/mol. The molecule has 110 valence electrons. The maximum Gasteiger partial charge on any atom is 0.0725 e. The van der Waals surface area contributed by atoms with Gasteiger partial charge in [-0.2, -0.15) is 0 Å². The molecule has 0 aliphatic carbocycles. The fourth-order valence-electron chi connectivity index (χ4n) is 2.77. The van der Waals surface area contributed by atoms with Crippen molar-refractivity contribution in [3.8, 4) is 0 Å². The van der Waals surface area contributed by atoms with Gasteiger partial charge in [-0.25, -0.2) is 0 Å². The highest BCUT2D eigenvalue weighted by molar-refractivity contribution is 14.1. The molecule has 1 aliphatic heterocycles. The first-order valence-electron chi connectivity index (χ1n) is 7.46. The van der Waals surface area contributed by atoms with E-state index in [9.17, 15) is 0 Å². The van der Waals surface area contributed by atoms with Gasteiger partial charge in [-0.15, -0.1) is 0 Å². The van der Waals surface area contributed by atoms with Crippen molar-refractivity contribution in [1.82, 2.24) is 5.32 Å². The van der Waals surface area contributed by atoms with Gasteiger partial charge in [0.1, 0.15) is 0 Å². The van der Waals surface area contributed by atoms with Crippen molar-refractivity contribution in [2.75, 3.05) is 6.54 Å². The van der Waals surface area contributed by atoms with Gasteiger partial charge in [0.15, 0.2) is 0 Å². The lowest BCUT2D eigenvalue weighted by molar-refractivity contribution is 0.134. The third-order valence-corrected chi connectivity index (χ3v) is 4.53. The lowest BCUT2D eigenvalue weighted by Gasteiger charge is -2.20. The molecule has 0 aromatic heterocycles. The Labute approximate surface area is 140 Å². The Morgan fingerprint density at radius 3 is 2.71 bits per heavy atom. The smallest absolute Gasteiger partial charge is 0.0725 e. The van der Waals surface area contributed by atoms with Crippen molar-refractivity contribution in [3.63, 3.8) is 0 Å². The minimum Gasteiger partial charge on any atom is -0.372 e. The molecule has 3 rings (SSSR count). The number of nitrogens with one attached hydrogen (secondary N) is 1. The fraction of sp³-hybridized carbons (Fsp3) is 0.333. The van der Waals surface area contributed by atoms with Crippen LogP contribution in [0.4, 0.5) is 0 Å². The Hall–Kier alpha value is -0.910. The van der Waals surface area contributed by atoms with Gasteiger partial charge in [0.05, 0.1) is 19.3 Å². The van der Waals surface area contributed by atoms with Gasteiger partial charge in [0, 0.05) is 3.57 Å². The van der Waals surface area contributed by atoms with Crippen molar-refractivity contribution in [3.05, 3.63) is 68.3 Å². The van der Waals surface area contributed by atoms with Crippen molar-refractivity contribution in [1.29, 1.82) is 0 Å². The van der Waals surface area contributed by atoms with Crippen LogP contribution in [0.5, 0.6) is 0 Å². The zero-order valence-corrected chi connectivity index (χ0v) is 14.4. The standard InChI is InChI=1S/C18H20INO/c1-2-8-20-18(13-4-3-5-17(19)10-13)14-6-7-15-11-21-12-16(15)9-14/h3-7,9-10,18,20H,2,8,11-12H2,1H3. The van der Waals surface area contributed by atoms with Gasteiger partial charge in [0.2, 0.25) is 0 Å². The number of benzene rings is 2. The van der Waals surface area contributed by atoms with Gasteiger partial charge in [-0.3, -0.25) is 0 Å². The van der Waals surface area contributed by atoms with Crippen molar-refractivity contribution < 1.29 is 4.74 Å².